The Kier molecular flexibility index (Phi) is 7.87. The third kappa shape index (κ3) is 6.10. The summed E-state index contributed by atoms with van der Waals surface area (Å²) in [6, 6.07) is 10.9. The average molecular weight is 486 g/mol. The Morgan fingerprint density at radius 2 is 1.97 bits per heavy atom. The summed E-state index contributed by atoms with van der Waals surface area (Å²) < 4.78 is 37.7. The minimum absolute atomic E-state index is 0.0321. The second-order valence-corrected chi connectivity index (χ2v) is 8.49. The van der Waals surface area contributed by atoms with Crippen LogP contribution in [0.15, 0.2) is 47.0 Å². The van der Waals surface area contributed by atoms with Gasteiger partial charge in [-0.1, -0.05) is 23.7 Å². The summed E-state index contributed by atoms with van der Waals surface area (Å²) in [5.41, 5.74) is 0.958. The summed E-state index contributed by atoms with van der Waals surface area (Å²) in [7, 11) is 1.50. The first kappa shape index (κ1) is 24.5. The number of nitrogens with zero attached hydrogens (tertiary/aromatic N) is 1. The van der Waals surface area contributed by atoms with Crippen molar-refractivity contribution in [1.82, 2.24) is 5.16 Å². The first-order chi connectivity index (χ1) is 16.9. The maximum atomic E-state index is 14.7. The average Bonchev–Trinajstić information content (AvgIpc) is 3.25. The van der Waals surface area contributed by atoms with Gasteiger partial charge in [0.1, 0.15) is 23.9 Å². The molecule has 1 saturated carbocycles. The van der Waals surface area contributed by atoms with Gasteiger partial charge in [0.2, 0.25) is 5.76 Å². The van der Waals surface area contributed by atoms with Crippen LogP contribution in [0.1, 0.15) is 55.9 Å². The number of hydrogen-bond donors (Lipinski definition) is 2. The molecule has 186 valence electrons. The van der Waals surface area contributed by atoms with Gasteiger partial charge >= 0.3 is 5.97 Å². The predicted molar refractivity (Wildman–Crippen MR) is 124 cm³/mol. The van der Waals surface area contributed by atoms with Gasteiger partial charge in [-0.05, 0) is 61.6 Å². The van der Waals surface area contributed by atoms with Crippen LogP contribution >= 0.6 is 0 Å². The van der Waals surface area contributed by atoms with Gasteiger partial charge in [-0.25, -0.2) is 4.39 Å². The second kappa shape index (κ2) is 11.2. The van der Waals surface area contributed by atoms with Gasteiger partial charge in [0.15, 0.2) is 11.4 Å². The van der Waals surface area contributed by atoms with Crippen molar-refractivity contribution in [3.8, 4) is 28.6 Å². The molecule has 0 bridgehead atoms. The summed E-state index contributed by atoms with van der Waals surface area (Å²) in [6.07, 6.45) is 3.42. The zero-order valence-corrected chi connectivity index (χ0v) is 19.4. The molecule has 0 unspecified atom stereocenters. The monoisotopic (exact) mass is 485 g/mol. The highest BCUT2D eigenvalue weighted by Gasteiger charge is 2.26. The van der Waals surface area contributed by atoms with E-state index < -0.39 is 24.3 Å². The van der Waals surface area contributed by atoms with E-state index in [1.807, 2.05) is 0 Å². The Labute approximate surface area is 202 Å². The van der Waals surface area contributed by atoms with Gasteiger partial charge in [-0.15, -0.1) is 0 Å². The van der Waals surface area contributed by atoms with Gasteiger partial charge < -0.3 is 28.9 Å². The van der Waals surface area contributed by atoms with Crippen molar-refractivity contribution in [3.05, 3.63) is 59.5 Å². The Bertz CT molecular complexity index is 1160. The molecular formula is C26H28FNO7. The highest BCUT2D eigenvalue weighted by atomic mass is 19.1. The number of rotatable bonds is 10. The van der Waals surface area contributed by atoms with Crippen molar-refractivity contribution >= 4 is 5.97 Å². The summed E-state index contributed by atoms with van der Waals surface area (Å²) >= 11 is 0. The maximum absolute atomic E-state index is 14.7. The van der Waals surface area contributed by atoms with Crippen molar-refractivity contribution in [2.45, 2.75) is 57.3 Å². The van der Waals surface area contributed by atoms with E-state index in [2.05, 4.69) is 5.16 Å². The van der Waals surface area contributed by atoms with E-state index in [4.69, 9.17) is 23.8 Å². The van der Waals surface area contributed by atoms with Gasteiger partial charge in [0.05, 0.1) is 31.3 Å². The molecule has 0 amide bonds. The minimum Gasteiger partial charge on any atom is -0.497 e. The summed E-state index contributed by atoms with van der Waals surface area (Å²) in [5.74, 6) is -0.234. The highest BCUT2D eigenvalue weighted by Crippen LogP contribution is 2.39. The summed E-state index contributed by atoms with van der Waals surface area (Å²) in [4.78, 5) is 10.9. The summed E-state index contributed by atoms with van der Waals surface area (Å²) in [5, 5.41) is 23.1. The fourth-order valence-corrected chi connectivity index (χ4v) is 4.10. The van der Waals surface area contributed by atoms with Crippen LogP contribution in [0.4, 0.5) is 4.39 Å². The minimum atomic E-state index is -1.16. The lowest BCUT2D eigenvalue weighted by Gasteiger charge is -2.23. The van der Waals surface area contributed by atoms with Crippen LogP contribution in [0.3, 0.4) is 0 Å². The number of aromatic nitrogens is 1. The van der Waals surface area contributed by atoms with Crippen molar-refractivity contribution in [2.75, 3.05) is 7.11 Å². The number of aliphatic carboxylic acids is 1. The number of halogens is 1. The van der Waals surface area contributed by atoms with Crippen molar-refractivity contribution in [1.29, 1.82) is 0 Å². The Hall–Kier alpha value is -3.59. The number of ether oxygens (including phenoxy) is 3. The van der Waals surface area contributed by atoms with Gasteiger partial charge in [-0.2, -0.15) is 0 Å². The van der Waals surface area contributed by atoms with Crippen molar-refractivity contribution in [3.63, 3.8) is 0 Å². The molecule has 0 saturated heterocycles. The van der Waals surface area contributed by atoms with Crippen LogP contribution in [-0.4, -0.2) is 34.6 Å². The Morgan fingerprint density at radius 3 is 2.71 bits per heavy atom. The molecule has 1 heterocycles. The number of methoxy groups -OCH3 is 1. The fraction of sp³-hybridized carbons (Fsp3) is 0.385. The van der Waals surface area contributed by atoms with Crippen molar-refractivity contribution < 1.29 is 38.1 Å². The van der Waals surface area contributed by atoms with Crippen LogP contribution in [0.25, 0.3) is 11.3 Å². The number of hydrogen-bond acceptors (Lipinski definition) is 7. The molecule has 0 radical (unpaired) electrons. The van der Waals surface area contributed by atoms with Gasteiger partial charge in [0.25, 0.3) is 0 Å². The molecule has 1 fully saturated rings. The molecule has 35 heavy (non-hydrogen) atoms. The molecular weight excluding hydrogens is 457 g/mol. The van der Waals surface area contributed by atoms with E-state index in [1.54, 1.807) is 24.3 Å². The molecule has 8 nitrogen and oxygen atoms in total. The van der Waals surface area contributed by atoms with E-state index in [-0.39, 0.29) is 24.0 Å². The lowest BCUT2D eigenvalue weighted by Crippen LogP contribution is -2.20. The first-order valence-corrected chi connectivity index (χ1v) is 11.6. The first-order valence-electron chi connectivity index (χ1n) is 11.6. The predicted octanol–water partition coefficient (Wildman–Crippen LogP) is 5.29. The molecule has 2 aromatic carbocycles. The third-order valence-electron chi connectivity index (χ3n) is 5.96. The zero-order valence-electron chi connectivity index (χ0n) is 19.4. The zero-order chi connectivity index (χ0) is 24.8. The Balaban J connectivity index is 1.60. The standard InChI is InChI=1S/C26H28FNO7/c1-32-18-10-11-21(27)20(13-18)25-26(34-17-7-3-2-4-8-17)22(28-35-25)15-33-19-9-5-6-16(12-19)23(29)14-24(30)31/h5-6,9-13,17,23,29H,2-4,7-8,14-15H2,1H3,(H,30,31)/t23-/m1/s1. The smallest absolute Gasteiger partial charge is 0.306 e. The van der Waals surface area contributed by atoms with Crippen LogP contribution in [0.2, 0.25) is 0 Å². The number of benzene rings is 2. The maximum Gasteiger partial charge on any atom is 0.306 e. The van der Waals surface area contributed by atoms with Crippen LogP contribution in [-0.2, 0) is 11.4 Å². The number of carbonyl (C=O) groups is 1. The number of carboxylic acids is 1. The van der Waals surface area contributed by atoms with E-state index in [0.29, 0.717) is 28.5 Å². The second-order valence-electron chi connectivity index (χ2n) is 8.49. The molecule has 0 aliphatic heterocycles. The topological polar surface area (TPSA) is 111 Å². The van der Waals surface area contributed by atoms with Gasteiger partial charge in [-0.3, -0.25) is 4.79 Å². The number of aliphatic hydroxyl groups is 1. The lowest BCUT2D eigenvalue weighted by atomic mass is 9.97. The number of aliphatic hydroxyl groups excluding tert-OH is 1. The SMILES string of the molecule is COc1ccc(F)c(-c2onc(COc3cccc([C@H](O)CC(=O)O)c3)c2OC2CCCCC2)c1. The molecule has 2 N–H and O–H groups in total. The molecule has 1 aliphatic rings. The van der Waals surface area contributed by atoms with Gasteiger partial charge in [0, 0.05) is 0 Å². The van der Waals surface area contributed by atoms with Crippen molar-refractivity contribution in [2.24, 2.45) is 0 Å². The van der Waals surface area contributed by atoms with E-state index in [0.717, 1.165) is 32.1 Å². The van der Waals surface area contributed by atoms with Crippen LogP contribution in [0, 0.1) is 5.82 Å². The number of carboxylic acid groups (broad SMARTS) is 1. The van der Waals surface area contributed by atoms with Crippen LogP contribution < -0.4 is 14.2 Å². The van der Waals surface area contributed by atoms with E-state index >= 15 is 0 Å². The largest absolute Gasteiger partial charge is 0.497 e. The third-order valence-corrected chi connectivity index (χ3v) is 5.96. The van der Waals surface area contributed by atoms with E-state index in [9.17, 15) is 14.3 Å². The lowest BCUT2D eigenvalue weighted by molar-refractivity contribution is -0.139. The molecule has 0 spiro atoms. The molecule has 3 aromatic rings. The summed E-state index contributed by atoms with van der Waals surface area (Å²) in [6.45, 7) is -0.0321. The van der Waals surface area contributed by atoms with Crippen LogP contribution in [0.5, 0.6) is 17.2 Å². The molecule has 4 rings (SSSR count). The normalized spacial score (nSPS) is 14.9. The fourth-order valence-electron chi connectivity index (χ4n) is 4.10. The molecule has 1 aliphatic carbocycles. The molecule has 9 heteroatoms. The quantitative estimate of drug-likeness (QED) is 0.399. The molecule has 1 aromatic heterocycles. The molecule has 1 atom stereocenters. The Morgan fingerprint density at radius 1 is 1.17 bits per heavy atom. The highest BCUT2D eigenvalue weighted by molar-refractivity contribution is 5.68. The van der Waals surface area contributed by atoms with E-state index in [1.165, 1.54) is 25.3 Å².